The minimum Gasteiger partial charge on any atom is -0.379 e. The molecule has 13 heteroatoms. The first kappa shape index (κ1) is 34.6. The van der Waals surface area contributed by atoms with Gasteiger partial charge in [0.1, 0.15) is 0 Å². The van der Waals surface area contributed by atoms with Crippen molar-refractivity contribution in [3.8, 4) is 0 Å². The molecule has 1 aliphatic rings. The zero-order valence-electron chi connectivity index (χ0n) is 22.9. The van der Waals surface area contributed by atoms with Crippen LogP contribution in [0, 0.1) is 19.8 Å². The van der Waals surface area contributed by atoms with E-state index in [-0.39, 0.29) is 27.7 Å². The Bertz CT molecular complexity index is 1140. The van der Waals surface area contributed by atoms with Gasteiger partial charge in [-0.2, -0.15) is 16.8 Å². The Morgan fingerprint density at radius 1 is 0.923 bits per heavy atom. The number of hydrogen-bond acceptors (Lipinski definition) is 8. The summed E-state index contributed by atoms with van der Waals surface area (Å²) in [5, 5.41) is 2.90. The van der Waals surface area contributed by atoms with Crippen molar-refractivity contribution in [2.75, 3.05) is 39.4 Å². The highest BCUT2D eigenvalue weighted by Gasteiger charge is 2.19. The molecular weight excluding hydrogens is 546 g/mol. The molecular formula is C26H41N3O8S2. The molecule has 1 aliphatic heterocycles. The van der Waals surface area contributed by atoms with Crippen LogP contribution in [0.4, 0.5) is 0 Å². The SMILES string of the molecule is CC[C@H](C)[C@H](N)C(=O)NCCN1CCOCC1.Cc1ccc(S(=O)(=O)O)cc1.Cc1ccc(S(=O)(=O)O)cc1. The van der Waals surface area contributed by atoms with Gasteiger partial charge >= 0.3 is 0 Å². The van der Waals surface area contributed by atoms with Crippen molar-refractivity contribution in [2.24, 2.45) is 11.7 Å². The zero-order chi connectivity index (χ0) is 29.6. The quantitative estimate of drug-likeness (QED) is 0.335. The van der Waals surface area contributed by atoms with E-state index < -0.39 is 20.2 Å². The third-order valence-corrected chi connectivity index (χ3v) is 7.76. The molecule has 0 unspecified atom stereocenters. The third-order valence-electron chi connectivity index (χ3n) is 6.03. The van der Waals surface area contributed by atoms with Crippen molar-refractivity contribution in [3.63, 3.8) is 0 Å². The summed E-state index contributed by atoms with van der Waals surface area (Å²) in [7, 11) is -8.04. The molecule has 2 atom stereocenters. The molecule has 220 valence electrons. The standard InChI is InChI=1S/C12H25N3O2.2C7H8O3S/c1-3-10(2)11(13)12(16)14-4-5-15-6-8-17-9-7-15;2*1-6-2-4-7(5-3-6)11(8,9)10/h10-11H,3-9,13H2,1-2H3,(H,14,16);2*2-5H,1H3,(H,8,9,10)/t10-,11-;;/m0../s1. The van der Waals surface area contributed by atoms with E-state index in [0.717, 1.165) is 50.4 Å². The third kappa shape index (κ3) is 14.0. The molecule has 2 aromatic carbocycles. The summed E-state index contributed by atoms with van der Waals surface area (Å²) in [5.74, 6) is 0.200. The van der Waals surface area contributed by atoms with Crippen molar-refractivity contribution >= 4 is 26.1 Å². The number of aryl methyl sites for hydroxylation is 2. The monoisotopic (exact) mass is 587 g/mol. The lowest BCUT2D eigenvalue weighted by Gasteiger charge is -2.27. The van der Waals surface area contributed by atoms with E-state index in [1.807, 2.05) is 27.7 Å². The van der Waals surface area contributed by atoms with Crippen LogP contribution in [0.1, 0.15) is 31.4 Å². The second-order valence-corrected chi connectivity index (χ2v) is 12.1. The fourth-order valence-corrected chi connectivity index (χ4v) is 4.17. The van der Waals surface area contributed by atoms with Crippen molar-refractivity contribution < 1.29 is 35.5 Å². The number of nitrogens with two attached hydrogens (primary N) is 1. The number of ether oxygens (including phenoxy) is 1. The van der Waals surface area contributed by atoms with Crippen LogP contribution in [0.2, 0.25) is 0 Å². The van der Waals surface area contributed by atoms with Crippen LogP contribution < -0.4 is 11.1 Å². The summed E-state index contributed by atoms with van der Waals surface area (Å²) < 4.78 is 64.4. The number of benzene rings is 2. The lowest BCUT2D eigenvalue weighted by Crippen LogP contribution is -2.47. The molecule has 1 heterocycles. The van der Waals surface area contributed by atoms with Crippen LogP contribution in [-0.4, -0.2) is 82.2 Å². The molecule has 0 aliphatic carbocycles. The first-order valence-corrected chi connectivity index (χ1v) is 15.4. The summed E-state index contributed by atoms with van der Waals surface area (Å²) >= 11 is 0. The molecule has 0 spiro atoms. The molecule has 0 radical (unpaired) electrons. The molecule has 11 nitrogen and oxygen atoms in total. The number of nitrogens with one attached hydrogen (secondary N) is 1. The van der Waals surface area contributed by atoms with Gasteiger partial charge in [-0.1, -0.05) is 55.7 Å². The van der Waals surface area contributed by atoms with Crippen LogP contribution >= 0.6 is 0 Å². The molecule has 0 saturated carbocycles. The molecule has 2 aromatic rings. The molecule has 0 bridgehead atoms. The highest BCUT2D eigenvalue weighted by Crippen LogP contribution is 2.09. The van der Waals surface area contributed by atoms with E-state index in [1.165, 1.54) is 24.3 Å². The van der Waals surface area contributed by atoms with Crippen LogP contribution in [0.15, 0.2) is 58.3 Å². The van der Waals surface area contributed by atoms with Crippen molar-refractivity contribution in [1.82, 2.24) is 10.2 Å². The summed E-state index contributed by atoms with van der Waals surface area (Å²) in [5.41, 5.74) is 7.76. The van der Waals surface area contributed by atoms with Gasteiger partial charge in [-0.05, 0) is 44.0 Å². The van der Waals surface area contributed by atoms with E-state index in [2.05, 4.69) is 10.2 Å². The fraction of sp³-hybridized carbons (Fsp3) is 0.500. The van der Waals surface area contributed by atoms with Crippen LogP contribution in [-0.2, 0) is 29.8 Å². The Kier molecular flexibility index (Phi) is 14.8. The minimum atomic E-state index is -4.02. The number of carbonyl (C=O) groups excluding carboxylic acids is 1. The van der Waals surface area contributed by atoms with E-state index in [4.69, 9.17) is 19.6 Å². The highest BCUT2D eigenvalue weighted by atomic mass is 32.2. The van der Waals surface area contributed by atoms with Crippen LogP contribution in [0.5, 0.6) is 0 Å². The predicted molar refractivity (Wildman–Crippen MR) is 150 cm³/mol. The maximum atomic E-state index is 11.7. The molecule has 0 aromatic heterocycles. The molecule has 5 N–H and O–H groups in total. The number of morpholine rings is 1. The molecule has 1 fully saturated rings. The first-order chi connectivity index (χ1) is 18.1. The Hall–Kier alpha value is -2.39. The Balaban J connectivity index is 0.000000304. The Morgan fingerprint density at radius 3 is 1.69 bits per heavy atom. The van der Waals surface area contributed by atoms with Gasteiger partial charge in [-0.3, -0.25) is 18.8 Å². The lowest BCUT2D eigenvalue weighted by atomic mass is 9.99. The van der Waals surface area contributed by atoms with Crippen LogP contribution in [0.25, 0.3) is 0 Å². The average Bonchev–Trinajstić information content (AvgIpc) is 2.88. The normalized spacial score (nSPS) is 15.6. The highest BCUT2D eigenvalue weighted by molar-refractivity contribution is 7.86. The van der Waals surface area contributed by atoms with E-state index >= 15 is 0 Å². The summed E-state index contributed by atoms with van der Waals surface area (Å²) in [6.07, 6.45) is 0.929. The first-order valence-electron chi connectivity index (χ1n) is 12.6. The molecule has 3 rings (SSSR count). The lowest BCUT2D eigenvalue weighted by molar-refractivity contribution is -0.123. The Morgan fingerprint density at radius 2 is 1.33 bits per heavy atom. The maximum absolute atomic E-state index is 11.7. The predicted octanol–water partition coefficient (Wildman–Crippen LogP) is 2.29. The van der Waals surface area contributed by atoms with Crippen molar-refractivity contribution in [1.29, 1.82) is 0 Å². The molecule has 39 heavy (non-hydrogen) atoms. The van der Waals surface area contributed by atoms with Gasteiger partial charge in [0.15, 0.2) is 0 Å². The van der Waals surface area contributed by atoms with E-state index in [0.29, 0.717) is 6.54 Å². The summed E-state index contributed by atoms with van der Waals surface area (Å²) in [6, 6.07) is 11.6. The maximum Gasteiger partial charge on any atom is 0.294 e. The van der Waals surface area contributed by atoms with Crippen molar-refractivity contribution in [3.05, 3.63) is 59.7 Å². The number of rotatable bonds is 8. The number of hydrogen-bond donors (Lipinski definition) is 4. The van der Waals surface area contributed by atoms with Crippen LogP contribution in [0.3, 0.4) is 0 Å². The zero-order valence-corrected chi connectivity index (χ0v) is 24.5. The van der Waals surface area contributed by atoms with Gasteiger partial charge in [0.25, 0.3) is 20.2 Å². The number of carbonyl (C=O) groups is 1. The topological polar surface area (TPSA) is 176 Å². The summed E-state index contributed by atoms with van der Waals surface area (Å²) in [4.78, 5) is 13.9. The van der Waals surface area contributed by atoms with Gasteiger partial charge in [-0.15, -0.1) is 0 Å². The second-order valence-electron chi connectivity index (χ2n) is 9.23. The summed E-state index contributed by atoms with van der Waals surface area (Å²) in [6.45, 7) is 12.8. The fourth-order valence-electron chi connectivity index (χ4n) is 3.21. The smallest absolute Gasteiger partial charge is 0.294 e. The van der Waals surface area contributed by atoms with E-state index in [9.17, 15) is 21.6 Å². The Labute approximate surface area is 232 Å². The average molecular weight is 588 g/mol. The van der Waals surface area contributed by atoms with Gasteiger partial charge in [0.2, 0.25) is 5.91 Å². The second kappa shape index (κ2) is 16.7. The van der Waals surface area contributed by atoms with E-state index in [1.54, 1.807) is 24.3 Å². The number of amides is 1. The largest absolute Gasteiger partial charge is 0.379 e. The van der Waals surface area contributed by atoms with Gasteiger partial charge in [-0.25, -0.2) is 0 Å². The van der Waals surface area contributed by atoms with Crippen molar-refractivity contribution in [2.45, 2.75) is 49.9 Å². The van der Waals surface area contributed by atoms with Gasteiger partial charge in [0.05, 0.1) is 29.0 Å². The molecule has 1 amide bonds. The molecule has 1 saturated heterocycles. The van der Waals surface area contributed by atoms with Gasteiger partial charge < -0.3 is 15.8 Å². The minimum absolute atomic E-state index is 0.0346. The van der Waals surface area contributed by atoms with Gasteiger partial charge in [0, 0.05) is 26.2 Å². The number of nitrogens with zero attached hydrogens (tertiary/aromatic N) is 1.